The van der Waals surface area contributed by atoms with E-state index in [0.717, 1.165) is 27.4 Å². The highest BCUT2D eigenvalue weighted by Crippen LogP contribution is 2.30. The van der Waals surface area contributed by atoms with Crippen molar-refractivity contribution in [3.05, 3.63) is 57.4 Å². The Hall–Kier alpha value is -0.810. The topological polar surface area (TPSA) is 42.4 Å². The maximum atomic E-state index is 6.33. The van der Waals surface area contributed by atoms with Crippen LogP contribution < -0.4 is 5.73 Å². The van der Waals surface area contributed by atoms with Crippen molar-refractivity contribution in [3.63, 3.8) is 0 Å². The van der Waals surface area contributed by atoms with Crippen molar-refractivity contribution < 1.29 is 4.42 Å². The second-order valence-electron chi connectivity index (χ2n) is 4.56. The third-order valence-corrected chi connectivity index (χ3v) is 4.16. The van der Waals surface area contributed by atoms with Gasteiger partial charge in [-0.05, 0) is 42.4 Å². The fourth-order valence-electron chi connectivity index (χ4n) is 2.29. The third kappa shape index (κ3) is 3.64. The summed E-state index contributed by atoms with van der Waals surface area (Å²) >= 11 is 9.82. The molecular weight excluding hydrogens is 340 g/mol. The fourth-order valence-corrected chi connectivity index (χ4v) is 2.91. The lowest BCUT2D eigenvalue weighted by Crippen LogP contribution is -2.33. The molecule has 20 heavy (non-hydrogen) atoms. The minimum Gasteiger partial charge on any atom is -0.468 e. The Bertz CT molecular complexity index is 545. The molecule has 0 aliphatic heterocycles. The summed E-state index contributed by atoms with van der Waals surface area (Å²) in [6.45, 7) is 4.20. The lowest BCUT2D eigenvalue weighted by Gasteiger charge is -2.30. The Kier molecular flexibility index (Phi) is 5.66. The van der Waals surface area contributed by atoms with Gasteiger partial charge >= 0.3 is 0 Å². The molecule has 0 aliphatic rings. The van der Waals surface area contributed by atoms with Gasteiger partial charge in [0, 0.05) is 22.1 Å². The van der Waals surface area contributed by atoms with Gasteiger partial charge in [-0.15, -0.1) is 0 Å². The molecule has 0 fully saturated rings. The molecule has 0 amide bonds. The highest BCUT2D eigenvalue weighted by molar-refractivity contribution is 9.10. The van der Waals surface area contributed by atoms with Crippen LogP contribution in [0.25, 0.3) is 0 Å². The summed E-state index contributed by atoms with van der Waals surface area (Å²) in [4.78, 5) is 2.26. The van der Waals surface area contributed by atoms with E-state index in [1.807, 2.05) is 30.3 Å². The first-order valence-electron chi connectivity index (χ1n) is 6.57. The summed E-state index contributed by atoms with van der Waals surface area (Å²) < 4.78 is 6.43. The fraction of sp³-hybridized carbons (Fsp3) is 0.333. The number of nitrogens with zero attached hydrogens (tertiary/aromatic N) is 1. The zero-order valence-corrected chi connectivity index (χ0v) is 13.7. The Morgan fingerprint density at radius 3 is 2.80 bits per heavy atom. The molecule has 5 heteroatoms. The summed E-state index contributed by atoms with van der Waals surface area (Å²) in [5.74, 6) is 0.927. The van der Waals surface area contributed by atoms with Crippen LogP contribution in [0.1, 0.15) is 24.3 Å². The third-order valence-electron chi connectivity index (χ3n) is 3.33. The van der Waals surface area contributed by atoms with Crippen molar-refractivity contribution in [2.75, 3.05) is 13.1 Å². The lowest BCUT2D eigenvalue weighted by atomic mass is 10.0. The standard InChI is InChI=1S/C15H18BrClN2O/c1-2-19(10-12-4-3-7-20-12)15(9-18)13-8-11(16)5-6-14(13)17/h3-8,15H,2,9-10,18H2,1H3. The van der Waals surface area contributed by atoms with Gasteiger partial charge in [-0.25, -0.2) is 0 Å². The van der Waals surface area contributed by atoms with Crippen LogP contribution in [0.15, 0.2) is 45.5 Å². The molecule has 2 N–H and O–H groups in total. The van der Waals surface area contributed by atoms with Crippen molar-refractivity contribution in [2.45, 2.75) is 19.5 Å². The molecule has 1 unspecified atom stereocenters. The molecule has 0 spiro atoms. The molecule has 0 saturated carbocycles. The van der Waals surface area contributed by atoms with E-state index < -0.39 is 0 Å². The summed E-state index contributed by atoms with van der Waals surface area (Å²) in [6.07, 6.45) is 1.69. The molecule has 1 atom stereocenters. The highest BCUT2D eigenvalue weighted by atomic mass is 79.9. The van der Waals surface area contributed by atoms with E-state index in [9.17, 15) is 0 Å². The molecule has 3 nitrogen and oxygen atoms in total. The second-order valence-corrected chi connectivity index (χ2v) is 5.88. The van der Waals surface area contributed by atoms with Crippen LogP contribution in [-0.4, -0.2) is 18.0 Å². The Morgan fingerprint density at radius 2 is 2.20 bits per heavy atom. The largest absolute Gasteiger partial charge is 0.468 e. The van der Waals surface area contributed by atoms with Crippen molar-refractivity contribution in [3.8, 4) is 0 Å². The van der Waals surface area contributed by atoms with Crippen LogP contribution in [0.4, 0.5) is 0 Å². The van der Waals surface area contributed by atoms with Crippen LogP contribution in [0.2, 0.25) is 5.02 Å². The van der Waals surface area contributed by atoms with Crippen LogP contribution in [-0.2, 0) is 6.54 Å². The number of hydrogen-bond acceptors (Lipinski definition) is 3. The van der Waals surface area contributed by atoms with Gasteiger partial charge in [0.2, 0.25) is 0 Å². The van der Waals surface area contributed by atoms with Crippen LogP contribution in [0.3, 0.4) is 0 Å². The van der Waals surface area contributed by atoms with Gasteiger partial charge in [0.15, 0.2) is 0 Å². The van der Waals surface area contributed by atoms with Crippen molar-refractivity contribution >= 4 is 27.5 Å². The molecular formula is C15H18BrClN2O. The Labute approximate surface area is 132 Å². The smallest absolute Gasteiger partial charge is 0.117 e. The zero-order chi connectivity index (χ0) is 14.5. The first-order chi connectivity index (χ1) is 9.65. The van der Waals surface area contributed by atoms with Gasteiger partial charge in [0.05, 0.1) is 12.8 Å². The molecule has 0 bridgehead atoms. The van der Waals surface area contributed by atoms with Gasteiger partial charge < -0.3 is 10.2 Å². The molecule has 2 rings (SSSR count). The molecule has 1 aromatic heterocycles. The predicted octanol–water partition coefficient (Wildman–Crippen LogP) is 4.22. The predicted molar refractivity (Wildman–Crippen MR) is 85.7 cm³/mol. The molecule has 0 aliphatic carbocycles. The second kappa shape index (κ2) is 7.27. The summed E-state index contributed by atoms with van der Waals surface area (Å²) in [5.41, 5.74) is 7.02. The average Bonchev–Trinajstić information content (AvgIpc) is 2.95. The minimum atomic E-state index is 0.0649. The highest BCUT2D eigenvalue weighted by Gasteiger charge is 2.21. The van der Waals surface area contributed by atoms with Gasteiger partial charge in [-0.3, -0.25) is 4.90 Å². The van der Waals surface area contributed by atoms with E-state index >= 15 is 0 Å². The normalized spacial score (nSPS) is 12.8. The van der Waals surface area contributed by atoms with Crippen LogP contribution in [0.5, 0.6) is 0 Å². The van der Waals surface area contributed by atoms with E-state index in [0.29, 0.717) is 13.1 Å². The lowest BCUT2D eigenvalue weighted by molar-refractivity contribution is 0.188. The number of rotatable bonds is 6. The number of halogens is 2. The number of furan rings is 1. The number of hydrogen-bond donors (Lipinski definition) is 1. The molecule has 1 heterocycles. The first kappa shape index (κ1) is 15.6. The van der Waals surface area contributed by atoms with Gasteiger partial charge in [-0.2, -0.15) is 0 Å². The van der Waals surface area contributed by atoms with Crippen molar-refractivity contribution in [1.29, 1.82) is 0 Å². The van der Waals surface area contributed by atoms with Crippen molar-refractivity contribution in [1.82, 2.24) is 4.90 Å². The first-order valence-corrected chi connectivity index (χ1v) is 7.74. The maximum Gasteiger partial charge on any atom is 0.117 e. The monoisotopic (exact) mass is 356 g/mol. The number of nitrogens with two attached hydrogens (primary N) is 1. The molecule has 0 saturated heterocycles. The Morgan fingerprint density at radius 1 is 1.40 bits per heavy atom. The van der Waals surface area contributed by atoms with E-state index in [1.54, 1.807) is 6.26 Å². The zero-order valence-electron chi connectivity index (χ0n) is 11.4. The van der Waals surface area contributed by atoms with Gasteiger partial charge in [0.25, 0.3) is 0 Å². The SMILES string of the molecule is CCN(Cc1ccco1)C(CN)c1cc(Br)ccc1Cl. The quantitative estimate of drug-likeness (QED) is 0.842. The molecule has 1 aromatic carbocycles. The number of likely N-dealkylation sites (N-methyl/N-ethyl adjacent to an activating group) is 1. The molecule has 2 aromatic rings. The maximum absolute atomic E-state index is 6.33. The molecule has 108 valence electrons. The Balaban J connectivity index is 2.26. The van der Waals surface area contributed by atoms with Crippen LogP contribution >= 0.6 is 27.5 Å². The summed E-state index contributed by atoms with van der Waals surface area (Å²) in [7, 11) is 0. The van der Waals surface area contributed by atoms with E-state index in [2.05, 4.69) is 27.8 Å². The van der Waals surface area contributed by atoms with E-state index in [-0.39, 0.29) is 6.04 Å². The van der Waals surface area contributed by atoms with E-state index in [1.165, 1.54) is 0 Å². The van der Waals surface area contributed by atoms with Crippen molar-refractivity contribution in [2.24, 2.45) is 5.73 Å². The minimum absolute atomic E-state index is 0.0649. The summed E-state index contributed by atoms with van der Waals surface area (Å²) in [6, 6.07) is 9.79. The van der Waals surface area contributed by atoms with Crippen LogP contribution in [0, 0.1) is 0 Å². The van der Waals surface area contributed by atoms with E-state index in [4.69, 9.17) is 21.8 Å². The summed E-state index contributed by atoms with van der Waals surface area (Å²) in [5, 5.41) is 0.738. The number of benzene rings is 1. The van der Waals surface area contributed by atoms with Gasteiger partial charge in [0.1, 0.15) is 5.76 Å². The van der Waals surface area contributed by atoms with Gasteiger partial charge in [-0.1, -0.05) is 34.5 Å². The average molecular weight is 358 g/mol. The molecule has 0 radical (unpaired) electrons.